The lowest BCUT2D eigenvalue weighted by Crippen LogP contribution is -2.16. The summed E-state index contributed by atoms with van der Waals surface area (Å²) in [6.07, 6.45) is 17.4. The van der Waals surface area contributed by atoms with Crippen molar-refractivity contribution in [3.05, 3.63) is 0 Å². The van der Waals surface area contributed by atoms with E-state index >= 15 is 0 Å². The summed E-state index contributed by atoms with van der Waals surface area (Å²) in [4.78, 5) is 42.0. The van der Waals surface area contributed by atoms with Gasteiger partial charge in [0.2, 0.25) is 0 Å². The van der Waals surface area contributed by atoms with Crippen LogP contribution in [0.25, 0.3) is 0 Å². The minimum absolute atomic E-state index is 0.0440. The molecule has 3 N–H and O–H groups in total. The molecule has 0 spiro atoms. The van der Waals surface area contributed by atoms with E-state index in [0.717, 1.165) is 12.8 Å². The van der Waals surface area contributed by atoms with Gasteiger partial charge in [-0.1, -0.05) is 90.4 Å². The predicted molar refractivity (Wildman–Crippen MR) is 98.1 cm³/mol. The lowest BCUT2D eigenvalue weighted by Gasteiger charge is -2.28. The molecular formula is C16H36O8P2-2. The van der Waals surface area contributed by atoms with Crippen LogP contribution in [-0.4, -0.2) is 21.3 Å². The average molecular weight is 418 g/mol. The number of unbranched alkanes of at least 4 members (excludes halogenated alkanes) is 13. The second-order valence-corrected chi connectivity index (χ2v) is 8.57. The van der Waals surface area contributed by atoms with Gasteiger partial charge in [-0.3, -0.25) is 0 Å². The molecule has 0 fully saturated rings. The number of rotatable bonds is 16. The first-order valence-corrected chi connectivity index (χ1v) is 12.5. The van der Waals surface area contributed by atoms with Gasteiger partial charge in [-0.15, -0.1) is 0 Å². The summed E-state index contributed by atoms with van der Waals surface area (Å²) in [7, 11) is -9.39. The van der Waals surface area contributed by atoms with Crippen LogP contribution in [0.1, 0.15) is 96.8 Å². The summed E-state index contributed by atoms with van der Waals surface area (Å²) in [6, 6.07) is 0. The second-order valence-electron chi connectivity index (χ2n) is 6.39. The predicted octanol–water partition coefficient (Wildman–Crippen LogP) is 3.38. The van der Waals surface area contributed by atoms with Crippen molar-refractivity contribution in [2.24, 2.45) is 0 Å². The standard InChI is InChI=1S/C16H35O4P.H3O4P/c1-2-3-4-5-6-7-8-9-10-11-12-13-14-15-16-20-21(17,18)19;1-5(2,3)4/h2-16H2,1H3,(H2,17,18,19);(H3,1,2,3,4)/p-2. The Hall–Kier alpha value is 0.220. The van der Waals surface area contributed by atoms with E-state index < -0.39 is 15.6 Å². The fourth-order valence-electron chi connectivity index (χ4n) is 2.47. The first-order valence-electron chi connectivity index (χ1n) is 9.51. The SMILES string of the molecule is CCCCCCCCCCCCCCCCOP(=O)([O-])[O-].O=P(O)(O)O. The van der Waals surface area contributed by atoms with Gasteiger partial charge in [0.05, 0.1) is 14.4 Å². The summed E-state index contributed by atoms with van der Waals surface area (Å²) < 4.78 is 23.3. The van der Waals surface area contributed by atoms with Gasteiger partial charge >= 0.3 is 7.82 Å². The van der Waals surface area contributed by atoms with Gasteiger partial charge in [0.1, 0.15) is 0 Å². The van der Waals surface area contributed by atoms with Gasteiger partial charge in [0, 0.05) is 0 Å². The van der Waals surface area contributed by atoms with E-state index in [1.54, 1.807) is 0 Å². The first-order chi connectivity index (χ1) is 12.1. The lowest BCUT2D eigenvalue weighted by atomic mass is 10.0. The molecule has 0 heterocycles. The number of phosphoric ester groups is 1. The second kappa shape index (κ2) is 18.6. The first kappa shape index (κ1) is 28.4. The molecule has 0 aromatic carbocycles. The van der Waals surface area contributed by atoms with E-state index in [-0.39, 0.29) is 6.61 Å². The van der Waals surface area contributed by atoms with Crippen LogP contribution in [0.15, 0.2) is 0 Å². The average Bonchev–Trinajstić information content (AvgIpc) is 2.48. The van der Waals surface area contributed by atoms with Crippen molar-refractivity contribution in [2.75, 3.05) is 6.61 Å². The summed E-state index contributed by atoms with van der Waals surface area (Å²) >= 11 is 0. The lowest BCUT2D eigenvalue weighted by molar-refractivity contribution is -0.341. The molecule has 0 aromatic heterocycles. The number of phosphoric acid groups is 2. The molecule has 26 heavy (non-hydrogen) atoms. The molecular weight excluding hydrogens is 382 g/mol. The van der Waals surface area contributed by atoms with Gasteiger partial charge in [-0.05, 0) is 6.42 Å². The normalized spacial score (nSPS) is 11.9. The van der Waals surface area contributed by atoms with E-state index in [4.69, 9.17) is 19.2 Å². The van der Waals surface area contributed by atoms with Crippen LogP contribution < -0.4 is 9.79 Å². The molecule has 0 aliphatic carbocycles. The summed E-state index contributed by atoms with van der Waals surface area (Å²) in [5.74, 6) is 0. The molecule has 0 aliphatic heterocycles. The van der Waals surface area contributed by atoms with Crippen molar-refractivity contribution in [1.82, 2.24) is 0 Å². The molecule has 0 aromatic rings. The summed E-state index contributed by atoms with van der Waals surface area (Å²) in [5.41, 5.74) is 0. The Bertz CT molecular complexity index is 372. The van der Waals surface area contributed by atoms with Crippen LogP contribution in [0.4, 0.5) is 0 Å². The van der Waals surface area contributed by atoms with Crippen LogP contribution >= 0.6 is 15.6 Å². The maximum atomic E-state index is 10.2. The van der Waals surface area contributed by atoms with E-state index in [2.05, 4.69) is 11.4 Å². The van der Waals surface area contributed by atoms with Crippen molar-refractivity contribution in [2.45, 2.75) is 96.8 Å². The molecule has 0 bridgehead atoms. The van der Waals surface area contributed by atoms with Crippen LogP contribution in [0.5, 0.6) is 0 Å². The maximum absolute atomic E-state index is 10.2. The number of hydrogen-bond donors (Lipinski definition) is 3. The number of hydrogen-bond acceptors (Lipinski definition) is 5. The van der Waals surface area contributed by atoms with Crippen molar-refractivity contribution >= 4 is 15.6 Å². The van der Waals surface area contributed by atoms with E-state index in [0.29, 0.717) is 6.42 Å². The smallest absolute Gasteiger partial charge is 0.466 e. The Morgan fingerprint density at radius 3 is 1.19 bits per heavy atom. The van der Waals surface area contributed by atoms with E-state index in [1.807, 2.05) is 0 Å². The molecule has 160 valence electrons. The fraction of sp³-hybridized carbons (Fsp3) is 1.00. The van der Waals surface area contributed by atoms with Crippen LogP contribution in [0.3, 0.4) is 0 Å². The van der Waals surface area contributed by atoms with Crippen molar-refractivity contribution in [1.29, 1.82) is 0 Å². The minimum Gasteiger partial charge on any atom is -0.790 e. The fourth-order valence-corrected chi connectivity index (χ4v) is 2.83. The molecule has 8 nitrogen and oxygen atoms in total. The molecule has 10 heteroatoms. The van der Waals surface area contributed by atoms with E-state index in [1.165, 1.54) is 70.6 Å². The van der Waals surface area contributed by atoms with Gasteiger partial charge in [0.25, 0.3) is 0 Å². The zero-order valence-corrected chi connectivity index (χ0v) is 17.7. The molecule has 0 amide bonds. The van der Waals surface area contributed by atoms with E-state index in [9.17, 15) is 14.4 Å². The monoisotopic (exact) mass is 418 g/mol. The molecule has 0 atom stereocenters. The molecule has 0 radical (unpaired) electrons. The molecule has 0 saturated heterocycles. The minimum atomic E-state index is -4.75. The van der Waals surface area contributed by atoms with Crippen LogP contribution in [0.2, 0.25) is 0 Å². The third-order valence-corrected chi connectivity index (χ3v) is 4.25. The Morgan fingerprint density at radius 2 is 0.923 bits per heavy atom. The Balaban J connectivity index is 0. The zero-order chi connectivity index (χ0) is 20.3. The van der Waals surface area contributed by atoms with Gasteiger partial charge in [-0.25, -0.2) is 4.57 Å². The highest BCUT2D eigenvalue weighted by atomic mass is 31.2. The highest BCUT2D eigenvalue weighted by molar-refractivity contribution is 7.45. The topological polar surface area (TPSA) is 150 Å². The van der Waals surface area contributed by atoms with Crippen molar-refractivity contribution in [3.8, 4) is 0 Å². The van der Waals surface area contributed by atoms with Crippen LogP contribution in [0, 0.1) is 0 Å². The summed E-state index contributed by atoms with van der Waals surface area (Å²) in [6.45, 7) is 2.29. The molecule has 0 unspecified atom stereocenters. The molecule has 0 aliphatic rings. The van der Waals surface area contributed by atoms with Crippen molar-refractivity contribution < 1.29 is 38.1 Å². The highest BCUT2D eigenvalue weighted by Crippen LogP contribution is 2.26. The Morgan fingerprint density at radius 1 is 0.654 bits per heavy atom. The third-order valence-electron chi connectivity index (χ3n) is 3.75. The molecule has 0 rings (SSSR count). The van der Waals surface area contributed by atoms with Crippen molar-refractivity contribution in [3.63, 3.8) is 0 Å². The van der Waals surface area contributed by atoms with Gasteiger partial charge in [-0.2, -0.15) is 0 Å². The highest BCUT2D eigenvalue weighted by Gasteiger charge is 2.00. The largest absolute Gasteiger partial charge is 0.790 e. The maximum Gasteiger partial charge on any atom is 0.466 e. The Kier molecular flexibility index (Phi) is 20.3. The van der Waals surface area contributed by atoms with Gasteiger partial charge in [0.15, 0.2) is 0 Å². The van der Waals surface area contributed by atoms with Crippen LogP contribution in [-0.2, 0) is 13.7 Å². The zero-order valence-electron chi connectivity index (χ0n) is 15.9. The molecule has 0 saturated carbocycles. The summed E-state index contributed by atoms with van der Waals surface area (Å²) in [5, 5.41) is 0. The Labute approximate surface area is 157 Å². The third kappa shape index (κ3) is 39.3. The quantitative estimate of drug-likeness (QED) is 0.255. The van der Waals surface area contributed by atoms with Gasteiger partial charge < -0.3 is 33.6 Å².